The first-order valence-electron chi connectivity index (χ1n) is 8.47. The van der Waals surface area contributed by atoms with Crippen LogP contribution in [0.3, 0.4) is 0 Å². The van der Waals surface area contributed by atoms with Crippen LogP contribution in [-0.4, -0.2) is 35.1 Å². The van der Waals surface area contributed by atoms with Crippen molar-refractivity contribution < 1.29 is 14.3 Å². The Labute approximate surface area is 147 Å². The Morgan fingerprint density at radius 3 is 2.72 bits per heavy atom. The number of amides is 1. The van der Waals surface area contributed by atoms with Crippen LogP contribution in [0, 0.1) is 0 Å². The molecule has 1 N–H and O–H groups in total. The first kappa shape index (κ1) is 18.7. The van der Waals surface area contributed by atoms with Crippen LogP contribution in [0.15, 0.2) is 36.4 Å². The van der Waals surface area contributed by atoms with Crippen LogP contribution in [0.2, 0.25) is 0 Å². The molecule has 1 aromatic carbocycles. The van der Waals surface area contributed by atoms with Crippen molar-refractivity contribution >= 4 is 22.9 Å². The summed E-state index contributed by atoms with van der Waals surface area (Å²) in [7, 11) is 1.39. The molecule has 0 unspecified atom stereocenters. The first-order valence-corrected chi connectivity index (χ1v) is 8.47. The van der Waals surface area contributed by atoms with E-state index in [9.17, 15) is 9.59 Å². The van der Waals surface area contributed by atoms with E-state index in [1.165, 1.54) is 7.11 Å². The fraction of sp³-hybridized carbons (Fsp3) is 0.421. The molecule has 6 nitrogen and oxygen atoms in total. The molecule has 1 amide bonds. The van der Waals surface area contributed by atoms with Crippen molar-refractivity contribution in [3.05, 3.63) is 42.2 Å². The van der Waals surface area contributed by atoms with Crippen molar-refractivity contribution in [1.29, 1.82) is 0 Å². The van der Waals surface area contributed by atoms with Gasteiger partial charge in [0, 0.05) is 18.5 Å². The number of ether oxygens (including phenoxy) is 1. The molecule has 0 atom stereocenters. The largest absolute Gasteiger partial charge is 0.468 e. The molecule has 134 valence electrons. The molecular formula is C19H25N3O3. The maximum absolute atomic E-state index is 11.7. The van der Waals surface area contributed by atoms with E-state index in [0.717, 1.165) is 42.5 Å². The Morgan fingerprint density at radius 1 is 1.24 bits per heavy atom. The Balaban J connectivity index is 1.91. The lowest BCUT2D eigenvalue weighted by atomic mass is 10.2. The van der Waals surface area contributed by atoms with Gasteiger partial charge in [-0.15, -0.1) is 0 Å². The van der Waals surface area contributed by atoms with E-state index in [0.29, 0.717) is 12.1 Å². The molecule has 0 aliphatic rings. The van der Waals surface area contributed by atoms with Crippen molar-refractivity contribution in [3.63, 3.8) is 0 Å². The quantitative estimate of drug-likeness (QED) is 0.431. The van der Waals surface area contributed by atoms with Gasteiger partial charge in [0.25, 0.3) is 0 Å². The average molecular weight is 343 g/mol. The van der Waals surface area contributed by atoms with E-state index in [1.54, 1.807) is 6.92 Å². The Bertz CT molecular complexity index is 764. The third-order valence-corrected chi connectivity index (χ3v) is 4.00. The van der Waals surface area contributed by atoms with Crippen molar-refractivity contribution in [3.8, 4) is 0 Å². The smallest absolute Gasteiger partial charge is 0.325 e. The standard InChI is InChI=1S/C19H25N3O3/c1-14(2)19(24)20-12-8-4-5-11-17-21-15-9-6-7-10-16(15)22(17)13-18(23)25-3/h6-7,9-10H,1,4-5,8,11-13H2,2-3H3,(H,20,24). The van der Waals surface area contributed by atoms with Gasteiger partial charge in [-0.05, 0) is 31.9 Å². The summed E-state index contributed by atoms with van der Waals surface area (Å²) in [6, 6.07) is 7.78. The molecule has 0 saturated carbocycles. The lowest BCUT2D eigenvalue weighted by Gasteiger charge is -2.08. The van der Waals surface area contributed by atoms with Gasteiger partial charge in [-0.3, -0.25) is 9.59 Å². The lowest BCUT2D eigenvalue weighted by molar-refractivity contribution is -0.141. The number of nitrogens with one attached hydrogen (secondary N) is 1. The van der Waals surface area contributed by atoms with E-state index < -0.39 is 0 Å². The summed E-state index contributed by atoms with van der Waals surface area (Å²) in [6.45, 7) is 6.12. The lowest BCUT2D eigenvalue weighted by Crippen LogP contribution is -2.24. The van der Waals surface area contributed by atoms with Gasteiger partial charge in [-0.1, -0.05) is 25.1 Å². The van der Waals surface area contributed by atoms with Crippen molar-refractivity contribution in [2.75, 3.05) is 13.7 Å². The fourth-order valence-electron chi connectivity index (χ4n) is 2.62. The number of nitrogens with zero attached hydrogens (tertiary/aromatic N) is 2. The summed E-state index contributed by atoms with van der Waals surface area (Å²) in [4.78, 5) is 27.7. The number of methoxy groups -OCH3 is 1. The SMILES string of the molecule is C=C(C)C(=O)NCCCCCc1nc2ccccc2n1CC(=O)OC. The molecule has 0 saturated heterocycles. The minimum Gasteiger partial charge on any atom is -0.468 e. The second kappa shape index (κ2) is 9.01. The summed E-state index contributed by atoms with van der Waals surface area (Å²) >= 11 is 0. The molecule has 0 spiro atoms. The van der Waals surface area contributed by atoms with E-state index in [-0.39, 0.29) is 18.4 Å². The monoisotopic (exact) mass is 343 g/mol. The molecule has 1 aromatic heterocycles. The predicted octanol–water partition coefficient (Wildman–Crippen LogP) is 2.61. The van der Waals surface area contributed by atoms with E-state index >= 15 is 0 Å². The minimum atomic E-state index is -0.285. The number of unbranched alkanes of at least 4 members (excludes halogenated alkanes) is 2. The summed E-state index contributed by atoms with van der Waals surface area (Å²) in [5, 5.41) is 2.83. The fourth-order valence-corrected chi connectivity index (χ4v) is 2.62. The zero-order valence-corrected chi connectivity index (χ0v) is 14.9. The van der Waals surface area contributed by atoms with Crippen LogP contribution in [-0.2, 0) is 27.3 Å². The van der Waals surface area contributed by atoms with Gasteiger partial charge in [0.15, 0.2) is 0 Å². The molecule has 2 aromatic rings. The Kier molecular flexibility index (Phi) is 6.74. The van der Waals surface area contributed by atoms with Crippen molar-refractivity contribution in [1.82, 2.24) is 14.9 Å². The molecular weight excluding hydrogens is 318 g/mol. The number of para-hydroxylation sites is 2. The van der Waals surface area contributed by atoms with Gasteiger partial charge >= 0.3 is 5.97 Å². The van der Waals surface area contributed by atoms with Gasteiger partial charge in [0.2, 0.25) is 5.91 Å². The van der Waals surface area contributed by atoms with Gasteiger partial charge in [0.1, 0.15) is 12.4 Å². The Morgan fingerprint density at radius 2 is 2.00 bits per heavy atom. The van der Waals surface area contributed by atoms with Crippen LogP contribution < -0.4 is 5.32 Å². The number of aromatic nitrogens is 2. The normalized spacial score (nSPS) is 10.6. The highest BCUT2D eigenvalue weighted by Gasteiger charge is 2.13. The van der Waals surface area contributed by atoms with Crippen molar-refractivity contribution in [2.24, 2.45) is 0 Å². The number of fused-ring (bicyclic) bond motifs is 1. The number of rotatable bonds is 9. The van der Waals surface area contributed by atoms with E-state index in [4.69, 9.17) is 4.74 Å². The van der Waals surface area contributed by atoms with Crippen LogP contribution >= 0.6 is 0 Å². The van der Waals surface area contributed by atoms with Crippen LogP contribution in [0.4, 0.5) is 0 Å². The highest BCUT2D eigenvalue weighted by Crippen LogP contribution is 2.18. The van der Waals surface area contributed by atoms with E-state index in [1.807, 2.05) is 28.8 Å². The highest BCUT2D eigenvalue weighted by molar-refractivity contribution is 5.92. The van der Waals surface area contributed by atoms with Crippen LogP contribution in [0.1, 0.15) is 32.0 Å². The molecule has 1 heterocycles. The minimum absolute atomic E-state index is 0.0973. The first-order chi connectivity index (χ1) is 12.0. The average Bonchev–Trinajstić information content (AvgIpc) is 2.95. The number of aryl methyl sites for hydroxylation is 1. The second-order valence-electron chi connectivity index (χ2n) is 6.03. The molecule has 0 aliphatic heterocycles. The number of hydrogen-bond donors (Lipinski definition) is 1. The summed E-state index contributed by atoms with van der Waals surface area (Å²) < 4.78 is 6.71. The molecule has 0 fully saturated rings. The zero-order valence-electron chi connectivity index (χ0n) is 14.9. The second-order valence-corrected chi connectivity index (χ2v) is 6.03. The number of benzene rings is 1. The van der Waals surface area contributed by atoms with Gasteiger partial charge in [-0.2, -0.15) is 0 Å². The van der Waals surface area contributed by atoms with Crippen LogP contribution in [0.5, 0.6) is 0 Å². The number of carbonyl (C=O) groups is 2. The molecule has 25 heavy (non-hydrogen) atoms. The number of hydrogen-bond acceptors (Lipinski definition) is 4. The Hall–Kier alpha value is -2.63. The highest BCUT2D eigenvalue weighted by atomic mass is 16.5. The predicted molar refractivity (Wildman–Crippen MR) is 97.1 cm³/mol. The molecule has 0 radical (unpaired) electrons. The number of carbonyl (C=O) groups excluding carboxylic acids is 2. The maximum atomic E-state index is 11.7. The summed E-state index contributed by atoms with van der Waals surface area (Å²) in [5.74, 6) is 0.504. The maximum Gasteiger partial charge on any atom is 0.325 e. The number of imidazole rings is 1. The van der Waals surface area contributed by atoms with E-state index in [2.05, 4.69) is 16.9 Å². The van der Waals surface area contributed by atoms with Gasteiger partial charge in [-0.25, -0.2) is 4.98 Å². The van der Waals surface area contributed by atoms with Gasteiger partial charge < -0.3 is 14.6 Å². The topological polar surface area (TPSA) is 73.2 Å². The molecule has 6 heteroatoms. The third kappa shape index (κ3) is 5.17. The molecule has 0 aliphatic carbocycles. The molecule has 2 rings (SSSR count). The summed E-state index contributed by atoms with van der Waals surface area (Å²) in [6.07, 6.45) is 3.59. The number of esters is 1. The van der Waals surface area contributed by atoms with Gasteiger partial charge in [0.05, 0.1) is 18.1 Å². The molecule has 0 bridgehead atoms. The zero-order chi connectivity index (χ0) is 18.2. The van der Waals surface area contributed by atoms with Crippen molar-refractivity contribution in [2.45, 2.75) is 39.2 Å². The third-order valence-electron chi connectivity index (χ3n) is 4.00. The van der Waals surface area contributed by atoms with Crippen LogP contribution in [0.25, 0.3) is 11.0 Å². The summed E-state index contributed by atoms with van der Waals surface area (Å²) in [5.41, 5.74) is 2.35.